The van der Waals surface area contributed by atoms with Gasteiger partial charge < -0.3 is 10.2 Å². The molecule has 0 unspecified atom stereocenters. The van der Waals surface area contributed by atoms with Gasteiger partial charge in [-0.25, -0.2) is 14.5 Å². The summed E-state index contributed by atoms with van der Waals surface area (Å²) in [4.78, 5) is 25.0. The Morgan fingerprint density at radius 3 is 2.77 bits per heavy atom. The number of carbonyl (C=O) groups is 1. The van der Waals surface area contributed by atoms with Crippen LogP contribution in [0, 0.1) is 0 Å². The van der Waals surface area contributed by atoms with E-state index in [0.717, 1.165) is 35.1 Å². The summed E-state index contributed by atoms with van der Waals surface area (Å²) >= 11 is 1.67. The monoisotopic (exact) mass is 416 g/mol. The van der Waals surface area contributed by atoms with Gasteiger partial charge in [-0.2, -0.15) is 5.10 Å². The van der Waals surface area contributed by atoms with Crippen LogP contribution in [0.2, 0.25) is 0 Å². The molecule has 4 aromatic rings. The molecular formula is C22H20N6OS. The van der Waals surface area contributed by atoms with E-state index in [1.54, 1.807) is 34.7 Å². The first-order chi connectivity index (χ1) is 14.7. The average molecular weight is 417 g/mol. The number of hydrogen-bond acceptors (Lipinski definition) is 6. The summed E-state index contributed by atoms with van der Waals surface area (Å²) in [7, 11) is 0. The van der Waals surface area contributed by atoms with Crippen LogP contribution in [0.1, 0.15) is 16.9 Å². The van der Waals surface area contributed by atoms with Gasteiger partial charge in [-0.15, -0.1) is 11.8 Å². The van der Waals surface area contributed by atoms with Gasteiger partial charge in [-0.05, 0) is 36.9 Å². The zero-order valence-electron chi connectivity index (χ0n) is 16.4. The second-order valence-corrected chi connectivity index (χ2v) is 7.88. The molecule has 1 amide bonds. The van der Waals surface area contributed by atoms with Crippen molar-refractivity contribution in [2.24, 2.45) is 0 Å². The van der Waals surface area contributed by atoms with Gasteiger partial charge in [-0.1, -0.05) is 18.2 Å². The lowest BCUT2D eigenvalue weighted by Gasteiger charge is -2.32. The van der Waals surface area contributed by atoms with Crippen LogP contribution in [0.5, 0.6) is 0 Å². The molecule has 1 aliphatic heterocycles. The number of pyridine rings is 1. The molecule has 0 spiro atoms. The van der Waals surface area contributed by atoms with Crippen LogP contribution in [-0.4, -0.2) is 44.8 Å². The van der Waals surface area contributed by atoms with E-state index in [0.29, 0.717) is 17.0 Å². The molecule has 8 heteroatoms. The maximum absolute atomic E-state index is 13.0. The number of thioether (sulfide) groups is 1. The van der Waals surface area contributed by atoms with Crippen molar-refractivity contribution >= 4 is 34.8 Å². The highest BCUT2D eigenvalue weighted by molar-refractivity contribution is 7.98. The standard InChI is InChI=1S/C22H20N6OS/c1-30-19-6-3-2-5-16(19)17-7-8-20-24-14-18(28(20)26-17)22(29)25-15-9-10-23-21(13-15)27-11-4-12-27/h2-3,5-10,13-14H,4,11-12H2,1H3,(H,23,25,29). The number of nitrogens with one attached hydrogen (secondary N) is 1. The molecule has 0 bridgehead atoms. The van der Waals surface area contributed by atoms with Gasteiger partial charge >= 0.3 is 0 Å². The molecule has 3 aromatic heterocycles. The highest BCUT2D eigenvalue weighted by Crippen LogP contribution is 2.29. The SMILES string of the molecule is CSc1ccccc1-c1ccc2ncc(C(=O)Nc3ccnc(N4CCC4)c3)n2n1. The van der Waals surface area contributed by atoms with Crippen LogP contribution in [0.3, 0.4) is 0 Å². The predicted molar refractivity (Wildman–Crippen MR) is 119 cm³/mol. The Balaban J connectivity index is 1.46. The summed E-state index contributed by atoms with van der Waals surface area (Å²) in [6.45, 7) is 2.00. The second kappa shape index (κ2) is 7.79. The lowest BCUT2D eigenvalue weighted by molar-refractivity contribution is 0.102. The third-order valence-electron chi connectivity index (χ3n) is 5.16. The Hall–Kier alpha value is -3.39. The van der Waals surface area contributed by atoms with Crippen LogP contribution in [-0.2, 0) is 0 Å². The van der Waals surface area contributed by atoms with Crippen molar-refractivity contribution in [3.05, 3.63) is 66.6 Å². The fraction of sp³-hybridized carbons (Fsp3) is 0.182. The van der Waals surface area contributed by atoms with E-state index in [2.05, 4.69) is 26.3 Å². The molecule has 0 saturated carbocycles. The van der Waals surface area contributed by atoms with Gasteiger partial charge in [0.05, 0.1) is 11.9 Å². The number of aromatic nitrogens is 4. The second-order valence-electron chi connectivity index (χ2n) is 7.03. The maximum atomic E-state index is 13.0. The van der Waals surface area contributed by atoms with Crippen molar-refractivity contribution in [1.82, 2.24) is 19.6 Å². The number of hydrogen-bond donors (Lipinski definition) is 1. The van der Waals surface area contributed by atoms with E-state index in [-0.39, 0.29) is 5.91 Å². The number of fused-ring (bicyclic) bond motifs is 1. The minimum atomic E-state index is -0.258. The van der Waals surface area contributed by atoms with Crippen LogP contribution in [0.15, 0.2) is 65.8 Å². The largest absolute Gasteiger partial charge is 0.356 e. The first-order valence-electron chi connectivity index (χ1n) is 9.73. The molecule has 0 atom stereocenters. The number of benzene rings is 1. The van der Waals surface area contributed by atoms with Gasteiger partial charge in [0.1, 0.15) is 5.82 Å². The predicted octanol–water partition coefficient (Wildman–Crippen LogP) is 3.98. The molecule has 1 aromatic carbocycles. The zero-order chi connectivity index (χ0) is 20.5. The highest BCUT2D eigenvalue weighted by Gasteiger charge is 2.18. The van der Waals surface area contributed by atoms with E-state index in [4.69, 9.17) is 5.10 Å². The lowest BCUT2D eigenvalue weighted by atomic mass is 10.1. The van der Waals surface area contributed by atoms with Crippen molar-refractivity contribution in [2.45, 2.75) is 11.3 Å². The van der Waals surface area contributed by atoms with Crippen molar-refractivity contribution in [2.75, 3.05) is 29.6 Å². The van der Waals surface area contributed by atoms with Gasteiger partial charge in [0.25, 0.3) is 5.91 Å². The van der Waals surface area contributed by atoms with Crippen molar-refractivity contribution < 1.29 is 4.79 Å². The molecule has 1 N–H and O–H groups in total. The topological polar surface area (TPSA) is 75.4 Å². The third kappa shape index (κ3) is 3.39. The van der Waals surface area contributed by atoms with Gasteiger partial charge in [0.15, 0.2) is 11.3 Å². The lowest BCUT2D eigenvalue weighted by Crippen LogP contribution is -2.37. The third-order valence-corrected chi connectivity index (χ3v) is 5.96. The molecule has 4 heterocycles. The summed E-state index contributed by atoms with van der Waals surface area (Å²) in [5, 5.41) is 7.66. The summed E-state index contributed by atoms with van der Waals surface area (Å²) in [6, 6.07) is 15.6. The number of rotatable bonds is 5. The van der Waals surface area contributed by atoms with E-state index in [1.165, 1.54) is 6.42 Å². The van der Waals surface area contributed by atoms with Crippen molar-refractivity contribution in [3.63, 3.8) is 0 Å². The van der Waals surface area contributed by atoms with Crippen LogP contribution in [0.4, 0.5) is 11.5 Å². The summed E-state index contributed by atoms with van der Waals surface area (Å²) in [6.07, 6.45) is 6.48. The fourth-order valence-electron chi connectivity index (χ4n) is 3.44. The molecule has 150 valence electrons. The van der Waals surface area contributed by atoms with E-state index >= 15 is 0 Å². The minimum Gasteiger partial charge on any atom is -0.356 e. The number of imidazole rings is 1. The molecule has 0 aliphatic carbocycles. The van der Waals surface area contributed by atoms with Crippen LogP contribution in [0.25, 0.3) is 16.9 Å². The number of carbonyl (C=O) groups excluding carboxylic acids is 1. The zero-order valence-corrected chi connectivity index (χ0v) is 17.3. The normalized spacial score (nSPS) is 13.3. The number of nitrogens with zero attached hydrogens (tertiary/aromatic N) is 5. The first kappa shape index (κ1) is 18.6. The molecule has 30 heavy (non-hydrogen) atoms. The number of amides is 1. The van der Waals surface area contributed by atoms with E-state index < -0.39 is 0 Å². The smallest absolute Gasteiger partial charge is 0.276 e. The van der Waals surface area contributed by atoms with Gasteiger partial charge in [0.2, 0.25) is 0 Å². The molecule has 0 radical (unpaired) electrons. The van der Waals surface area contributed by atoms with Gasteiger partial charge in [0, 0.05) is 41.5 Å². The Kier molecular flexibility index (Phi) is 4.84. The quantitative estimate of drug-likeness (QED) is 0.496. The Morgan fingerprint density at radius 2 is 1.97 bits per heavy atom. The molecule has 7 nitrogen and oxygen atoms in total. The summed E-state index contributed by atoms with van der Waals surface area (Å²) in [5.41, 5.74) is 3.54. The fourth-order valence-corrected chi connectivity index (χ4v) is 4.04. The van der Waals surface area contributed by atoms with E-state index in [1.807, 2.05) is 42.7 Å². The van der Waals surface area contributed by atoms with E-state index in [9.17, 15) is 4.79 Å². The maximum Gasteiger partial charge on any atom is 0.276 e. The number of anilines is 2. The molecule has 1 fully saturated rings. The Bertz CT molecular complexity index is 1230. The van der Waals surface area contributed by atoms with Crippen molar-refractivity contribution in [1.29, 1.82) is 0 Å². The average Bonchev–Trinajstić information content (AvgIpc) is 3.16. The van der Waals surface area contributed by atoms with Crippen LogP contribution >= 0.6 is 11.8 Å². The summed E-state index contributed by atoms with van der Waals surface area (Å²) in [5.74, 6) is 0.623. The molecular weight excluding hydrogens is 396 g/mol. The molecule has 1 aliphatic rings. The molecule has 5 rings (SSSR count). The molecule has 1 saturated heterocycles. The minimum absolute atomic E-state index is 0.258. The van der Waals surface area contributed by atoms with Crippen LogP contribution < -0.4 is 10.2 Å². The Labute approximate surface area is 178 Å². The van der Waals surface area contributed by atoms with Gasteiger partial charge in [-0.3, -0.25) is 4.79 Å². The highest BCUT2D eigenvalue weighted by atomic mass is 32.2. The first-order valence-corrected chi connectivity index (χ1v) is 11.0. The summed E-state index contributed by atoms with van der Waals surface area (Å²) < 4.78 is 1.60. The van der Waals surface area contributed by atoms with Crippen molar-refractivity contribution in [3.8, 4) is 11.3 Å². The Morgan fingerprint density at radius 1 is 1.10 bits per heavy atom.